The summed E-state index contributed by atoms with van der Waals surface area (Å²) in [7, 11) is 0. The fourth-order valence-electron chi connectivity index (χ4n) is 4.28. The fraction of sp³-hybridized carbons (Fsp3) is 0.517. The number of fused-ring (bicyclic) bond motifs is 2. The summed E-state index contributed by atoms with van der Waals surface area (Å²) in [6.07, 6.45) is 1.40. The van der Waals surface area contributed by atoms with Crippen molar-refractivity contribution >= 4 is 11.8 Å². The second kappa shape index (κ2) is 14.0. The molecule has 2 amide bonds. The Morgan fingerprint density at radius 3 is 2.69 bits per heavy atom. The van der Waals surface area contributed by atoms with Crippen LogP contribution in [0.15, 0.2) is 48.5 Å². The van der Waals surface area contributed by atoms with Crippen LogP contribution in [0.25, 0.3) is 0 Å². The lowest BCUT2D eigenvalue weighted by Gasteiger charge is -2.26. The van der Waals surface area contributed by atoms with E-state index in [1.54, 1.807) is 6.92 Å². The van der Waals surface area contributed by atoms with Crippen molar-refractivity contribution < 1.29 is 19.4 Å². The quantitative estimate of drug-likeness (QED) is 0.493. The fourth-order valence-corrected chi connectivity index (χ4v) is 4.28. The molecule has 0 saturated heterocycles. The van der Waals surface area contributed by atoms with Crippen LogP contribution in [0.1, 0.15) is 62.6 Å². The van der Waals surface area contributed by atoms with Gasteiger partial charge in [-0.2, -0.15) is 0 Å². The maximum absolute atomic E-state index is 12.9. The Morgan fingerprint density at radius 2 is 1.89 bits per heavy atom. The molecule has 0 aromatic heterocycles. The molecule has 3 rings (SSSR count). The Kier molecular flexibility index (Phi) is 10.8. The Balaban J connectivity index is 1.70. The molecule has 0 aliphatic carbocycles. The lowest BCUT2D eigenvalue weighted by atomic mass is 9.98. The Bertz CT molecular complexity index is 994. The molecule has 4 N–H and O–H groups in total. The minimum Gasteiger partial charge on any atom is -0.494 e. The van der Waals surface area contributed by atoms with E-state index in [-0.39, 0.29) is 18.2 Å². The van der Waals surface area contributed by atoms with Gasteiger partial charge in [0.25, 0.3) is 0 Å². The third-order valence-electron chi connectivity index (χ3n) is 6.55. The first-order chi connectivity index (χ1) is 17.3. The highest BCUT2D eigenvalue weighted by Gasteiger charge is 2.25. The topological polar surface area (TPSA) is 99.7 Å². The van der Waals surface area contributed by atoms with Crippen molar-refractivity contribution in [2.45, 2.75) is 71.1 Å². The van der Waals surface area contributed by atoms with Gasteiger partial charge < -0.3 is 25.8 Å². The highest BCUT2D eigenvalue weighted by Crippen LogP contribution is 2.18. The molecule has 0 spiro atoms. The van der Waals surface area contributed by atoms with Gasteiger partial charge in [-0.25, -0.2) is 0 Å². The number of hydrogen-bond acceptors (Lipinski definition) is 5. The maximum Gasteiger partial charge on any atom is 0.223 e. The number of aliphatic hydroxyl groups is 1. The number of carbonyl (C=O) groups excluding carboxylic acids is 2. The molecule has 7 nitrogen and oxygen atoms in total. The summed E-state index contributed by atoms with van der Waals surface area (Å²) in [5.74, 6) is 0.346. The Labute approximate surface area is 215 Å². The molecule has 196 valence electrons. The number of aliphatic hydroxyl groups excluding tert-OH is 1. The van der Waals surface area contributed by atoms with Crippen molar-refractivity contribution in [2.24, 2.45) is 5.92 Å². The molecule has 0 saturated carbocycles. The Morgan fingerprint density at radius 1 is 1.08 bits per heavy atom. The van der Waals surface area contributed by atoms with Crippen LogP contribution in [-0.2, 0) is 22.6 Å². The van der Waals surface area contributed by atoms with E-state index in [9.17, 15) is 14.7 Å². The number of hydrogen-bond donors (Lipinski definition) is 4. The second-order valence-corrected chi connectivity index (χ2v) is 10.1. The molecule has 1 aliphatic heterocycles. The van der Waals surface area contributed by atoms with Crippen LogP contribution in [0.4, 0.5) is 0 Å². The molecule has 2 aromatic carbocycles. The number of benzene rings is 2. The van der Waals surface area contributed by atoms with Crippen molar-refractivity contribution in [3.63, 3.8) is 0 Å². The van der Waals surface area contributed by atoms with E-state index in [1.165, 1.54) is 5.56 Å². The van der Waals surface area contributed by atoms with E-state index in [2.05, 4.69) is 54.1 Å². The van der Waals surface area contributed by atoms with E-state index in [0.29, 0.717) is 38.6 Å². The zero-order valence-electron chi connectivity index (χ0n) is 21.8. The molecular weight excluding hydrogens is 454 g/mol. The van der Waals surface area contributed by atoms with Crippen LogP contribution < -0.4 is 20.7 Å². The lowest BCUT2D eigenvalue weighted by molar-refractivity contribution is -0.130. The number of nitrogens with one attached hydrogen (secondary N) is 3. The van der Waals surface area contributed by atoms with Crippen LogP contribution in [0.2, 0.25) is 0 Å². The molecule has 1 aliphatic rings. The summed E-state index contributed by atoms with van der Waals surface area (Å²) < 4.78 is 5.87. The zero-order valence-corrected chi connectivity index (χ0v) is 21.8. The number of amides is 2. The molecule has 2 bridgehead atoms. The van der Waals surface area contributed by atoms with Gasteiger partial charge in [0.15, 0.2) is 0 Å². The van der Waals surface area contributed by atoms with Crippen molar-refractivity contribution in [1.29, 1.82) is 0 Å². The predicted molar refractivity (Wildman–Crippen MR) is 142 cm³/mol. The van der Waals surface area contributed by atoms with Crippen molar-refractivity contribution in [3.8, 4) is 5.75 Å². The summed E-state index contributed by atoms with van der Waals surface area (Å²) in [5.41, 5.74) is 3.40. The number of ether oxygens (including phenoxy) is 1. The van der Waals surface area contributed by atoms with Crippen LogP contribution in [0.3, 0.4) is 0 Å². The van der Waals surface area contributed by atoms with Gasteiger partial charge >= 0.3 is 0 Å². The molecule has 3 atom stereocenters. The average molecular weight is 496 g/mol. The van der Waals surface area contributed by atoms with Gasteiger partial charge in [0, 0.05) is 32.0 Å². The highest BCUT2D eigenvalue weighted by atomic mass is 16.5. The molecule has 2 aromatic rings. The van der Waals surface area contributed by atoms with Crippen molar-refractivity contribution in [2.75, 3.05) is 19.7 Å². The minimum atomic E-state index is -0.813. The standard InChI is InChI=1S/C29H41N3O4/c1-20(2)24-10-6-9-23(15-24)18-30-19-27(33)26-17-22-8-7-11-25(16-22)36-13-5-4-12-31-28(34)14-21(3)29(35)32-26/h6-11,15-16,20-21,26-27,30,33H,4-5,12-14,17-19H2,1-3H3,(H,31,34)(H,32,35)/t21-,26+,27-/m1/s1. The first-order valence-electron chi connectivity index (χ1n) is 13.1. The first-order valence-corrected chi connectivity index (χ1v) is 13.1. The number of rotatable bonds is 6. The van der Waals surface area contributed by atoms with Crippen LogP contribution in [0.5, 0.6) is 5.75 Å². The zero-order chi connectivity index (χ0) is 25.9. The Hall–Kier alpha value is -2.90. The molecule has 36 heavy (non-hydrogen) atoms. The van der Waals surface area contributed by atoms with Gasteiger partial charge in [-0.1, -0.05) is 57.2 Å². The average Bonchev–Trinajstić information content (AvgIpc) is 2.85. The molecule has 0 radical (unpaired) electrons. The molecule has 0 unspecified atom stereocenters. The van der Waals surface area contributed by atoms with E-state index in [4.69, 9.17) is 4.74 Å². The summed E-state index contributed by atoms with van der Waals surface area (Å²) in [6.45, 7) is 8.15. The van der Waals surface area contributed by atoms with Crippen LogP contribution in [0, 0.1) is 5.92 Å². The van der Waals surface area contributed by atoms with E-state index >= 15 is 0 Å². The summed E-state index contributed by atoms with van der Waals surface area (Å²) in [6, 6.07) is 15.7. The smallest absolute Gasteiger partial charge is 0.223 e. The van der Waals surface area contributed by atoms with Crippen LogP contribution in [-0.4, -0.2) is 48.8 Å². The second-order valence-electron chi connectivity index (χ2n) is 10.1. The third kappa shape index (κ3) is 8.95. The molecule has 0 fully saturated rings. The van der Waals surface area contributed by atoms with E-state index in [0.717, 1.165) is 29.7 Å². The monoisotopic (exact) mass is 495 g/mol. The largest absolute Gasteiger partial charge is 0.494 e. The maximum atomic E-state index is 12.9. The minimum absolute atomic E-state index is 0.116. The van der Waals surface area contributed by atoms with Gasteiger partial charge in [0.05, 0.1) is 18.8 Å². The summed E-state index contributed by atoms with van der Waals surface area (Å²) >= 11 is 0. The van der Waals surface area contributed by atoms with Crippen molar-refractivity contribution in [1.82, 2.24) is 16.0 Å². The predicted octanol–water partition coefficient (Wildman–Crippen LogP) is 3.30. The highest BCUT2D eigenvalue weighted by molar-refractivity contribution is 5.85. The van der Waals surface area contributed by atoms with Gasteiger partial charge in [0.1, 0.15) is 5.75 Å². The normalized spacial score (nSPS) is 20.8. The summed E-state index contributed by atoms with van der Waals surface area (Å²) in [4.78, 5) is 25.2. The van der Waals surface area contributed by atoms with E-state index < -0.39 is 18.1 Å². The van der Waals surface area contributed by atoms with Crippen molar-refractivity contribution in [3.05, 3.63) is 65.2 Å². The molecule has 1 heterocycles. The molecular formula is C29H41N3O4. The van der Waals surface area contributed by atoms with Crippen LogP contribution >= 0.6 is 0 Å². The van der Waals surface area contributed by atoms with Gasteiger partial charge in [-0.15, -0.1) is 0 Å². The SMILES string of the molecule is CC(C)c1cccc(CNC[C@@H](O)[C@@H]2Cc3cccc(c3)OCCCCNC(=O)C[C@@H](C)C(=O)N2)c1. The summed E-state index contributed by atoms with van der Waals surface area (Å²) in [5, 5.41) is 20.3. The van der Waals surface area contributed by atoms with Gasteiger partial charge in [0.2, 0.25) is 11.8 Å². The van der Waals surface area contributed by atoms with Gasteiger partial charge in [-0.3, -0.25) is 9.59 Å². The lowest BCUT2D eigenvalue weighted by Crippen LogP contribution is -2.50. The third-order valence-corrected chi connectivity index (χ3v) is 6.55. The van der Waals surface area contributed by atoms with Gasteiger partial charge in [-0.05, 0) is 54.0 Å². The first kappa shape index (κ1) is 27.7. The molecule has 7 heteroatoms. The van der Waals surface area contributed by atoms with E-state index in [1.807, 2.05) is 24.3 Å². The number of carbonyl (C=O) groups is 2.